The summed E-state index contributed by atoms with van der Waals surface area (Å²) in [4.78, 5) is 22.1. The minimum atomic E-state index is -0.934. The lowest BCUT2D eigenvalue weighted by Gasteiger charge is -2.22. The number of carboxylic acids is 1. The number of amides is 1. The zero-order valence-electron chi connectivity index (χ0n) is 9.77. The largest absolute Gasteiger partial charge is 0.481 e. The van der Waals surface area contributed by atoms with Crippen molar-refractivity contribution in [1.29, 1.82) is 0 Å². The Balaban J connectivity index is 4.33. The number of carbonyl (C=O) groups is 2. The molecule has 0 aromatic rings. The molecule has 0 aliphatic carbocycles. The van der Waals surface area contributed by atoms with E-state index in [9.17, 15) is 9.59 Å². The van der Waals surface area contributed by atoms with Crippen LogP contribution in [0, 0.1) is 5.92 Å². The number of hydrogen-bond acceptors (Lipinski definition) is 3. The molecule has 5 nitrogen and oxygen atoms in total. The molecule has 1 amide bonds. The van der Waals surface area contributed by atoms with E-state index < -0.39 is 12.0 Å². The smallest absolute Gasteiger partial charge is 0.305 e. The van der Waals surface area contributed by atoms with Crippen molar-refractivity contribution in [2.24, 2.45) is 11.7 Å². The summed E-state index contributed by atoms with van der Waals surface area (Å²) in [5.41, 5.74) is 5.58. The fourth-order valence-corrected chi connectivity index (χ4v) is 1.22. The highest BCUT2D eigenvalue weighted by atomic mass is 16.4. The van der Waals surface area contributed by atoms with E-state index in [1.54, 1.807) is 6.08 Å². The van der Waals surface area contributed by atoms with Crippen LogP contribution in [-0.4, -0.2) is 29.1 Å². The van der Waals surface area contributed by atoms with Crippen molar-refractivity contribution in [1.82, 2.24) is 5.32 Å². The molecule has 0 fully saturated rings. The van der Waals surface area contributed by atoms with Crippen LogP contribution in [0.25, 0.3) is 0 Å². The number of nitrogens with one attached hydrogen (secondary N) is 1. The first kappa shape index (κ1) is 14.6. The van der Waals surface area contributed by atoms with Gasteiger partial charge in [-0.2, -0.15) is 0 Å². The van der Waals surface area contributed by atoms with Crippen LogP contribution < -0.4 is 11.1 Å². The Labute approximate surface area is 95.7 Å². The molecule has 0 aromatic carbocycles. The van der Waals surface area contributed by atoms with Crippen LogP contribution in [-0.2, 0) is 9.59 Å². The van der Waals surface area contributed by atoms with E-state index in [-0.39, 0.29) is 24.3 Å². The molecule has 2 atom stereocenters. The fraction of sp³-hybridized carbons (Fsp3) is 0.636. The van der Waals surface area contributed by atoms with Crippen LogP contribution in [0.15, 0.2) is 12.7 Å². The van der Waals surface area contributed by atoms with Crippen molar-refractivity contribution < 1.29 is 14.7 Å². The minimum Gasteiger partial charge on any atom is -0.481 e. The van der Waals surface area contributed by atoms with E-state index in [2.05, 4.69) is 11.9 Å². The lowest BCUT2D eigenvalue weighted by molar-refractivity contribution is -0.138. The molecule has 0 aliphatic heterocycles. The van der Waals surface area contributed by atoms with Crippen molar-refractivity contribution in [3.05, 3.63) is 12.7 Å². The summed E-state index contributed by atoms with van der Waals surface area (Å²) in [7, 11) is 0. The lowest BCUT2D eigenvalue weighted by Crippen LogP contribution is -2.47. The van der Waals surface area contributed by atoms with Gasteiger partial charge in [0.25, 0.3) is 0 Å². The molecule has 0 bridgehead atoms. The summed E-state index contributed by atoms with van der Waals surface area (Å²) in [6, 6.07) is -1.05. The van der Waals surface area contributed by atoms with Gasteiger partial charge in [0, 0.05) is 6.04 Å². The highest BCUT2D eigenvalue weighted by Gasteiger charge is 2.21. The first-order valence-corrected chi connectivity index (χ1v) is 5.27. The molecule has 0 rings (SSSR count). The van der Waals surface area contributed by atoms with Gasteiger partial charge >= 0.3 is 5.97 Å². The molecule has 0 heterocycles. The summed E-state index contributed by atoms with van der Waals surface area (Å²) in [6.45, 7) is 7.20. The van der Waals surface area contributed by atoms with Gasteiger partial charge in [-0.3, -0.25) is 9.59 Å². The second-order valence-corrected chi connectivity index (χ2v) is 4.09. The molecule has 4 N–H and O–H groups in total. The quantitative estimate of drug-likeness (QED) is 0.553. The first-order valence-electron chi connectivity index (χ1n) is 5.27. The minimum absolute atomic E-state index is 0.0518. The zero-order chi connectivity index (χ0) is 12.7. The second kappa shape index (κ2) is 7.00. The Kier molecular flexibility index (Phi) is 6.41. The third-order valence-corrected chi connectivity index (χ3v) is 2.28. The van der Waals surface area contributed by atoms with Crippen LogP contribution in [0.1, 0.15) is 26.7 Å². The number of nitrogens with two attached hydrogens (primary N) is 1. The Morgan fingerprint density at radius 1 is 1.50 bits per heavy atom. The third kappa shape index (κ3) is 5.50. The van der Waals surface area contributed by atoms with E-state index in [0.717, 1.165) is 0 Å². The number of aliphatic carboxylic acids is 1. The van der Waals surface area contributed by atoms with Crippen molar-refractivity contribution in [3.63, 3.8) is 0 Å². The number of hydrogen-bond donors (Lipinski definition) is 3. The van der Waals surface area contributed by atoms with Crippen LogP contribution in [0.3, 0.4) is 0 Å². The van der Waals surface area contributed by atoms with Gasteiger partial charge in [0.15, 0.2) is 0 Å². The van der Waals surface area contributed by atoms with Gasteiger partial charge in [-0.1, -0.05) is 19.9 Å². The molecular weight excluding hydrogens is 208 g/mol. The highest BCUT2D eigenvalue weighted by molar-refractivity contribution is 5.82. The molecule has 0 saturated carbocycles. The third-order valence-electron chi connectivity index (χ3n) is 2.28. The Bertz CT molecular complexity index is 264. The molecule has 16 heavy (non-hydrogen) atoms. The molecule has 0 saturated heterocycles. The molecule has 5 heteroatoms. The SMILES string of the molecule is C=CCC(N)C(=O)NC(CC(=O)O)C(C)C. The molecule has 2 unspecified atom stereocenters. The van der Waals surface area contributed by atoms with Gasteiger partial charge in [0.1, 0.15) is 0 Å². The van der Waals surface area contributed by atoms with Crippen LogP contribution in [0.2, 0.25) is 0 Å². The molecule has 92 valence electrons. The molecular formula is C11H20N2O3. The summed E-state index contributed by atoms with van der Waals surface area (Å²) in [6.07, 6.45) is 1.85. The van der Waals surface area contributed by atoms with Gasteiger partial charge in [-0.05, 0) is 12.3 Å². The summed E-state index contributed by atoms with van der Waals surface area (Å²) in [5.74, 6) is -1.22. The first-order chi connectivity index (χ1) is 7.38. The maximum Gasteiger partial charge on any atom is 0.305 e. The summed E-state index contributed by atoms with van der Waals surface area (Å²) in [5, 5.41) is 11.3. The average Bonchev–Trinajstić information content (AvgIpc) is 2.16. The second-order valence-electron chi connectivity index (χ2n) is 4.09. The van der Waals surface area contributed by atoms with Crippen LogP contribution in [0.5, 0.6) is 0 Å². The molecule has 0 aromatic heterocycles. The number of carbonyl (C=O) groups excluding carboxylic acids is 1. The fourth-order valence-electron chi connectivity index (χ4n) is 1.22. The average molecular weight is 228 g/mol. The number of rotatable bonds is 7. The predicted molar refractivity (Wildman–Crippen MR) is 61.8 cm³/mol. The van der Waals surface area contributed by atoms with Crippen molar-refractivity contribution in [3.8, 4) is 0 Å². The topological polar surface area (TPSA) is 92.4 Å². The van der Waals surface area contributed by atoms with Gasteiger partial charge in [0.2, 0.25) is 5.91 Å². The highest BCUT2D eigenvalue weighted by Crippen LogP contribution is 2.06. The van der Waals surface area contributed by atoms with E-state index in [1.807, 2.05) is 13.8 Å². The molecule has 0 radical (unpaired) electrons. The van der Waals surface area contributed by atoms with Gasteiger partial charge < -0.3 is 16.2 Å². The van der Waals surface area contributed by atoms with Crippen molar-refractivity contribution >= 4 is 11.9 Å². The summed E-state index contributed by atoms with van der Waals surface area (Å²) >= 11 is 0. The summed E-state index contributed by atoms with van der Waals surface area (Å²) < 4.78 is 0. The Morgan fingerprint density at radius 3 is 2.44 bits per heavy atom. The van der Waals surface area contributed by atoms with E-state index >= 15 is 0 Å². The normalized spacial score (nSPS) is 14.2. The Hall–Kier alpha value is -1.36. The standard InChI is InChI=1S/C11H20N2O3/c1-4-5-8(12)11(16)13-9(7(2)3)6-10(14)15/h4,7-9H,1,5-6,12H2,2-3H3,(H,13,16)(H,14,15). The van der Waals surface area contributed by atoms with Crippen LogP contribution in [0.4, 0.5) is 0 Å². The number of carboxylic acid groups (broad SMARTS) is 1. The lowest BCUT2D eigenvalue weighted by atomic mass is 10.0. The van der Waals surface area contributed by atoms with E-state index in [1.165, 1.54) is 0 Å². The maximum absolute atomic E-state index is 11.6. The van der Waals surface area contributed by atoms with Gasteiger partial charge in [0.05, 0.1) is 12.5 Å². The zero-order valence-corrected chi connectivity index (χ0v) is 9.77. The van der Waals surface area contributed by atoms with E-state index in [4.69, 9.17) is 10.8 Å². The predicted octanol–water partition coefficient (Wildman–Crippen LogP) is 0.505. The van der Waals surface area contributed by atoms with Crippen molar-refractivity contribution in [2.75, 3.05) is 0 Å². The maximum atomic E-state index is 11.6. The van der Waals surface area contributed by atoms with Crippen LogP contribution >= 0.6 is 0 Å². The van der Waals surface area contributed by atoms with E-state index in [0.29, 0.717) is 6.42 Å². The van der Waals surface area contributed by atoms with Gasteiger partial charge in [-0.25, -0.2) is 0 Å². The Morgan fingerprint density at radius 2 is 2.06 bits per heavy atom. The molecule has 0 spiro atoms. The van der Waals surface area contributed by atoms with Gasteiger partial charge in [-0.15, -0.1) is 6.58 Å². The molecule has 0 aliphatic rings. The van der Waals surface area contributed by atoms with Crippen molar-refractivity contribution in [2.45, 2.75) is 38.8 Å². The monoisotopic (exact) mass is 228 g/mol.